The van der Waals surface area contributed by atoms with E-state index in [2.05, 4.69) is 15.3 Å². The molecule has 1 aliphatic rings. The van der Waals surface area contributed by atoms with Crippen LogP contribution in [0.1, 0.15) is 16.8 Å². The van der Waals surface area contributed by atoms with Gasteiger partial charge in [0.2, 0.25) is 0 Å². The SMILES string of the molecule is Cc1cc(-c2nc3c(c(=O)[nH]2)CCNC3)ccc1F. The highest BCUT2D eigenvalue weighted by Crippen LogP contribution is 2.19. The van der Waals surface area contributed by atoms with Crippen molar-refractivity contribution < 1.29 is 4.39 Å². The average molecular weight is 259 g/mol. The molecule has 3 rings (SSSR count). The van der Waals surface area contributed by atoms with E-state index in [4.69, 9.17) is 0 Å². The maximum atomic E-state index is 13.3. The summed E-state index contributed by atoms with van der Waals surface area (Å²) in [5.41, 5.74) is 2.71. The Morgan fingerprint density at radius 2 is 2.21 bits per heavy atom. The van der Waals surface area contributed by atoms with E-state index < -0.39 is 0 Å². The minimum Gasteiger partial charge on any atom is -0.311 e. The average Bonchev–Trinajstić information content (AvgIpc) is 2.42. The Bertz CT molecular complexity index is 694. The van der Waals surface area contributed by atoms with E-state index in [1.165, 1.54) is 6.07 Å². The maximum Gasteiger partial charge on any atom is 0.254 e. The lowest BCUT2D eigenvalue weighted by Crippen LogP contribution is -2.31. The maximum absolute atomic E-state index is 13.3. The van der Waals surface area contributed by atoms with Gasteiger partial charge in [-0.25, -0.2) is 9.37 Å². The predicted octanol–water partition coefficient (Wildman–Crippen LogP) is 1.53. The van der Waals surface area contributed by atoms with Crippen LogP contribution in [0, 0.1) is 12.7 Å². The summed E-state index contributed by atoms with van der Waals surface area (Å²) < 4.78 is 13.3. The Hall–Kier alpha value is -2.01. The molecule has 0 aliphatic carbocycles. The van der Waals surface area contributed by atoms with E-state index in [0.717, 1.165) is 23.4 Å². The lowest BCUT2D eigenvalue weighted by molar-refractivity contribution is 0.617. The van der Waals surface area contributed by atoms with Crippen molar-refractivity contribution in [1.29, 1.82) is 0 Å². The molecule has 1 aromatic carbocycles. The second-order valence-electron chi connectivity index (χ2n) is 4.73. The van der Waals surface area contributed by atoms with Crippen molar-refractivity contribution in [2.24, 2.45) is 0 Å². The summed E-state index contributed by atoms with van der Waals surface area (Å²) in [5.74, 6) is 0.237. The highest BCUT2D eigenvalue weighted by Gasteiger charge is 2.15. The molecule has 0 radical (unpaired) electrons. The van der Waals surface area contributed by atoms with E-state index in [0.29, 0.717) is 24.4 Å². The summed E-state index contributed by atoms with van der Waals surface area (Å²) in [6.07, 6.45) is 0.695. The molecule has 2 aromatic rings. The zero-order valence-corrected chi connectivity index (χ0v) is 10.6. The van der Waals surface area contributed by atoms with Crippen LogP contribution < -0.4 is 10.9 Å². The number of benzene rings is 1. The van der Waals surface area contributed by atoms with E-state index in [1.807, 2.05) is 0 Å². The van der Waals surface area contributed by atoms with Crippen LogP contribution in [-0.2, 0) is 13.0 Å². The summed E-state index contributed by atoms with van der Waals surface area (Å²) in [5, 5.41) is 3.19. The normalized spacial score (nSPS) is 14.2. The van der Waals surface area contributed by atoms with Crippen LogP contribution in [0.3, 0.4) is 0 Å². The second-order valence-corrected chi connectivity index (χ2v) is 4.73. The minimum atomic E-state index is -0.259. The van der Waals surface area contributed by atoms with Crippen LogP contribution in [0.2, 0.25) is 0 Å². The first kappa shape index (κ1) is 12.0. The number of nitrogens with zero attached hydrogens (tertiary/aromatic N) is 1. The van der Waals surface area contributed by atoms with E-state index >= 15 is 0 Å². The Morgan fingerprint density at radius 1 is 1.37 bits per heavy atom. The summed E-state index contributed by atoms with van der Waals surface area (Å²) in [6.45, 7) is 3.09. The molecule has 2 N–H and O–H groups in total. The third-order valence-electron chi connectivity index (χ3n) is 3.38. The van der Waals surface area contributed by atoms with Gasteiger partial charge in [-0.2, -0.15) is 0 Å². The second kappa shape index (κ2) is 4.59. The fourth-order valence-electron chi connectivity index (χ4n) is 2.30. The van der Waals surface area contributed by atoms with E-state index in [1.54, 1.807) is 19.1 Å². The van der Waals surface area contributed by atoms with Crippen molar-refractivity contribution in [3.8, 4) is 11.4 Å². The lowest BCUT2D eigenvalue weighted by atomic mass is 10.1. The molecule has 0 spiro atoms. The molecule has 98 valence electrons. The van der Waals surface area contributed by atoms with E-state index in [9.17, 15) is 9.18 Å². The van der Waals surface area contributed by atoms with Crippen molar-refractivity contribution in [2.45, 2.75) is 19.9 Å². The number of fused-ring (bicyclic) bond motifs is 1. The number of H-pyrrole nitrogens is 1. The monoisotopic (exact) mass is 259 g/mol. The number of aromatic nitrogens is 2. The van der Waals surface area contributed by atoms with Gasteiger partial charge < -0.3 is 10.3 Å². The van der Waals surface area contributed by atoms with Crippen molar-refractivity contribution in [2.75, 3.05) is 6.54 Å². The van der Waals surface area contributed by atoms with Crippen LogP contribution >= 0.6 is 0 Å². The van der Waals surface area contributed by atoms with Crippen LogP contribution in [0.5, 0.6) is 0 Å². The summed E-state index contributed by atoms with van der Waals surface area (Å²) in [4.78, 5) is 19.3. The van der Waals surface area contributed by atoms with Gasteiger partial charge in [-0.1, -0.05) is 0 Å². The number of aromatic amines is 1. The van der Waals surface area contributed by atoms with Crippen LogP contribution in [0.25, 0.3) is 11.4 Å². The number of hydrogen-bond acceptors (Lipinski definition) is 3. The van der Waals surface area contributed by atoms with Crippen molar-refractivity contribution in [1.82, 2.24) is 15.3 Å². The van der Waals surface area contributed by atoms with Gasteiger partial charge in [0, 0.05) is 17.7 Å². The largest absolute Gasteiger partial charge is 0.311 e. The van der Waals surface area contributed by atoms with Crippen molar-refractivity contribution in [3.05, 3.63) is 51.2 Å². The predicted molar refractivity (Wildman–Crippen MR) is 70.4 cm³/mol. The van der Waals surface area contributed by atoms with Crippen LogP contribution in [0.15, 0.2) is 23.0 Å². The van der Waals surface area contributed by atoms with Gasteiger partial charge in [0.15, 0.2) is 0 Å². The van der Waals surface area contributed by atoms with Crippen molar-refractivity contribution in [3.63, 3.8) is 0 Å². The van der Waals surface area contributed by atoms with Gasteiger partial charge in [-0.05, 0) is 43.7 Å². The van der Waals surface area contributed by atoms with Gasteiger partial charge in [-0.15, -0.1) is 0 Å². The molecule has 0 saturated heterocycles. The molecule has 0 atom stereocenters. The Morgan fingerprint density at radius 3 is 3.00 bits per heavy atom. The molecular formula is C14H14FN3O. The first-order chi connectivity index (χ1) is 9.15. The van der Waals surface area contributed by atoms with Gasteiger partial charge >= 0.3 is 0 Å². The quantitative estimate of drug-likeness (QED) is 0.816. The number of hydrogen-bond donors (Lipinski definition) is 2. The lowest BCUT2D eigenvalue weighted by Gasteiger charge is -2.16. The van der Waals surface area contributed by atoms with Gasteiger partial charge in [0.25, 0.3) is 5.56 Å². The standard InChI is InChI=1S/C14H14FN3O/c1-8-6-9(2-3-11(8)15)13-17-12-7-16-5-4-10(12)14(19)18-13/h2-3,6,16H,4-5,7H2,1H3,(H,17,18,19). The third kappa shape index (κ3) is 2.17. The third-order valence-corrected chi connectivity index (χ3v) is 3.38. The summed E-state index contributed by atoms with van der Waals surface area (Å²) in [7, 11) is 0. The molecule has 4 nitrogen and oxygen atoms in total. The van der Waals surface area contributed by atoms with Gasteiger partial charge in [0.1, 0.15) is 11.6 Å². The molecule has 0 bridgehead atoms. The number of nitrogens with one attached hydrogen (secondary N) is 2. The smallest absolute Gasteiger partial charge is 0.254 e. The van der Waals surface area contributed by atoms with E-state index in [-0.39, 0.29) is 11.4 Å². The molecule has 0 saturated carbocycles. The molecular weight excluding hydrogens is 245 g/mol. The number of halogens is 1. The Kier molecular flexibility index (Phi) is 2.91. The van der Waals surface area contributed by atoms with Crippen LogP contribution in [-0.4, -0.2) is 16.5 Å². The number of aryl methyl sites for hydroxylation is 1. The molecule has 1 aromatic heterocycles. The molecule has 5 heteroatoms. The molecule has 2 heterocycles. The van der Waals surface area contributed by atoms with Crippen LogP contribution in [0.4, 0.5) is 4.39 Å². The fourth-order valence-corrected chi connectivity index (χ4v) is 2.30. The molecule has 0 amide bonds. The molecule has 0 fully saturated rings. The molecule has 0 unspecified atom stereocenters. The van der Waals surface area contributed by atoms with Gasteiger partial charge in [-0.3, -0.25) is 4.79 Å². The minimum absolute atomic E-state index is 0.0940. The summed E-state index contributed by atoms with van der Waals surface area (Å²) in [6, 6.07) is 4.71. The zero-order chi connectivity index (χ0) is 13.4. The van der Waals surface area contributed by atoms with Gasteiger partial charge in [0.05, 0.1) is 5.69 Å². The molecule has 19 heavy (non-hydrogen) atoms. The van der Waals surface area contributed by atoms with Crippen molar-refractivity contribution >= 4 is 0 Å². The number of rotatable bonds is 1. The summed E-state index contributed by atoms with van der Waals surface area (Å²) >= 11 is 0. The first-order valence-electron chi connectivity index (χ1n) is 6.24. The highest BCUT2D eigenvalue weighted by atomic mass is 19.1. The zero-order valence-electron chi connectivity index (χ0n) is 10.6. The first-order valence-corrected chi connectivity index (χ1v) is 6.24. The topological polar surface area (TPSA) is 57.8 Å². The molecule has 1 aliphatic heterocycles. The Labute approximate surface area is 109 Å². The Balaban J connectivity index is 2.12. The fraction of sp³-hybridized carbons (Fsp3) is 0.286. The highest BCUT2D eigenvalue weighted by molar-refractivity contribution is 5.56.